The second kappa shape index (κ2) is 8.88. The molecule has 1 aromatic rings. The van der Waals surface area contributed by atoms with Crippen LogP contribution in [0.3, 0.4) is 0 Å². The zero-order chi connectivity index (χ0) is 19.2. The molecule has 0 aromatic heterocycles. The molecule has 0 aliphatic carbocycles. The molecule has 0 saturated carbocycles. The molecule has 0 bridgehead atoms. The molecule has 1 amide bonds. The Bertz CT molecular complexity index is 760. The van der Waals surface area contributed by atoms with Crippen LogP contribution in [0.5, 0.6) is 11.5 Å². The van der Waals surface area contributed by atoms with Gasteiger partial charge in [-0.2, -0.15) is 0 Å². The number of carbonyl (C=O) groups excluding carboxylic acids is 2. The van der Waals surface area contributed by atoms with Gasteiger partial charge in [-0.3, -0.25) is 9.59 Å². The normalized spacial score (nSPS) is 18.2. The molecular formula is C17H23NO7S. The van der Waals surface area contributed by atoms with Gasteiger partial charge in [-0.25, -0.2) is 8.42 Å². The number of ether oxygens (including phenoxy) is 3. The molecule has 1 saturated heterocycles. The molecule has 8 nitrogen and oxygen atoms in total. The number of hydrogen-bond acceptors (Lipinski definition) is 7. The molecule has 1 aromatic carbocycles. The van der Waals surface area contributed by atoms with Gasteiger partial charge in [0.1, 0.15) is 0 Å². The molecule has 1 aliphatic heterocycles. The highest BCUT2D eigenvalue weighted by Gasteiger charge is 2.29. The molecular weight excluding hydrogens is 362 g/mol. The van der Waals surface area contributed by atoms with Crippen molar-refractivity contribution < 1.29 is 32.2 Å². The number of carbonyl (C=O) groups is 2. The number of nitrogens with one attached hydrogen (secondary N) is 1. The third kappa shape index (κ3) is 5.91. The first-order chi connectivity index (χ1) is 12.3. The van der Waals surface area contributed by atoms with Gasteiger partial charge in [0.2, 0.25) is 0 Å². The quantitative estimate of drug-likeness (QED) is 0.656. The number of hydrogen-bond donors (Lipinski definition) is 1. The Labute approximate surface area is 152 Å². The summed E-state index contributed by atoms with van der Waals surface area (Å²) in [4.78, 5) is 23.5. The first kappa shape index (κ1) is 20.0. The van der Waals surface area contributed by atoms with E-state index in [0.29, 0.717) is 17.9 Å². The monoisotopic (exact) mass is 385 g/mol. The lowest BCUT2D eigenvalue weighted by Gasteiger charge is -2.11. The molecule has 1 fully saturated rings. The van der Waals surface area contributed by atoms with Gasteiger partial charge in [-0.05, 0) is 30.0 Å². The lowest BCUT2D eigenvalue weighted by atomic mass is 10.1. The van der Waals surface area contributed by atoms with Gasteiger partial charge < -0.3 is 19.5 Å². The Morgan fingerprint density at radius 1 is 1.19 bits per heavy atom. The first-order valence-electron chi connectivity index (χ1n) is 8.16. The van der Waals surface area contributed by atoms with Crippen LogP contribution in [0.2, 0.25) is 0 Å². The van der Waals surface area contributed by atoms with Crippen molar-refractivity contribution in [1.29, 1.82) is 0 Å². The van der Waals surface area contributed by atoms with E-state index in [1.54, 1.807) is 18.2 Å². The minimum absolute atomic E-state index is 0.00754. The second-order valence-corrected chi connectivity index (χ2v) is 8.33. The van der Waals surface area contributed by atoms with Crippen LogP contribution in [0.25, 0.3) is 0 Å². The zero-order valence-corrected chi connectivity index (χ0v) is 15.6. The van der Waals surface area contributed by atoms with Crippen LogP contribution in [0.1, 0.15) is 18.4 Å². The Morgan fingerprint density at radius 2 is 1.92 bits per heavy atom. The summed E-state index contributed by atoms with van der Waals surface area (Å²) in [5, 5.41) is 2.64. The summed E-state index contributed by atoms with van der Waals surface area (Å²) in [6, 6.07) is 5.26. The largest absolute Gasteiger partial charge is 0.493 e. The fourth-order valence-corrected chi connectivity index (χ4v) is 4.58. The SMILES string of the molecule is COc1ccc(CNC(=O)COC(=O)C[C@@H]2CCS(=O)(=O)C2)cc1OC. The topological polar surface area (TPSA) is 108 Å². The summed E-state index contributed by atoms with van der Waals surface area (Å²) in [5.74, 6) is 0.0372. The summed E-state index contributed by atoms with van der Waals surface area (Å²) in [6.07, 6.45) is 0.477. The van der Waals surface area contributed by atoms with E-state index in [1.165, 1.54) is 14.2 Å². The first-order valence-corrected chi connectivity index (χ1v) is 9.98. The van der Waals surface area contributed by atoms with Crippen molar-refractivity contribution in [2.24, 2.45) is 5.92 Å². The Morgan fingerprint density at radius 3 is 2.54 bits per heavy atom. The molecule has 1 heterocycles. The van der Waals surface area contributed by atoms with Gasteiger partial charge in [0.25, 0.3) is 5.91 Å². The molecule has 0 spiro atoms. The van der Waals surface area contributed by atoms with Crippen LogP contribution >= 0.6 is 0 Å². The van der Waals surface area contributed by atoms with Gasteiger partial charge in [0, 0.05) is 13.0 Å². The van der Waals surface area contributed by atoms with E-state index in [1.807, 2.05) is 0 Å². The standard InChI is InChI=1S/C17H23NO7S/c1-23-14-4-3-12(7-15(14)24-2)9-18-16(19)10-25-17(20)8-13-5-6-26(21,22)11-13/h3-4,7,13H,5-6,8-11H2,1-2H3,(H,18,19)/t13-/m0/s1. The van der Waals surface area contributed by atoms with E-state index in [9.17, 15) is 18.0 Å². The summed E-state index contributed by atoms with van der Waals surface area (Å²) in [6.45, 7) is -0.150. The summed E-state index contributed by atoms with van der Waals surface area (Å²) in [5.41, 5.74) is 0.804. The Balaban J connectivity index is 1.73. The maximum atomic E-state index is 11.8. The van der Waals surface area contributed by atoms with Crippen molar-refractivity contribution in [3.8, 4) is 11.5 Å². The van der Waals surface area contributed by atoms with Crippen LogP contribution in [0, 0.1) is 5.92 Å². The van der Waals surface area contributed by atoms with Gasteiger partial charge >= 0.3 is 5.97 Å². The lowest BCUT2D eigenvalue weighted by molar-refractivity contribution is -0.149. The third-order valence-corrected chi connectivity index (χ3v) is 5.92. The summed E-state index contributed by atoms with van der Waals surface area (Å²) < 4.78 is 38.0. The molecule has 26 heavy (non-hydrogen) atoms. The Hall–Kier alpha value is -2.29. The fraction of sp³-hybridized carbons (Fsp3) is 0.529. The second-order valence-electron chi connectivity index (χ2n) is 6.10. The van der Waals surface area contributed by atoms with Crippen LogP contribution in [-0.2, 0) is 30.7 Å². The maximum Gasteiger partial charge on any atom is 0.306 e. The average molecular weight is 385 g/mol. The molecule has 9 heteroatoms. The predicted octanol–water partition coefficient (Wildman–Crippen LogP) is 0.688. The van der Waals surface area contributed by atoms with Crippen molar-refractivity contribution in [3.05, 3.63) is 23.8 Å². The molecule has 0 radical (unpaired) electrons. The molecule has 2 rings (SSSR count). The van der Waals surface area contributed by atoms with E-state index in [0.717, 1.165) is 5.56 Å². The highest BCUT2D eigenvalue weighted by Crippen LogP contribution is 2.27. The van der Waals surface area contributed by atoms with Crippen molar-refractivity contribution in [1.82, 2.24) is 5.32 Å². The van der Waals surface area contributed by atoms with Crippen LogP contribution in [-0.4, -0.2) is 52.6 Å². The minimum Gasteiger partial charge on any atom is -0.493 e. The van der Waals surface area contributed by atoms with Crippen LogP contribution in [0.15, 0.2) is 18.2 Å². The van der Waals surface area contributed by atoms with Gasteiger partial charge in [0.05, 0.1) is 25.7 Å². The lowest BCUT2D eigenvalue weighted by Crippen LogP contribution is -2.28. The average Bonchev–Trinajstić information content (AvgIpc) is 2.96. The number of esters is 1. The van der Waals surface area contributed by atoms with Crippen LogP contribution < -0.4 is 14.8 Å². The molecule has 1 aliphatic rings. The van der Waals surface area contributed by atoms with E-state index < -0.39 is 28.3 Å². The predicted molar refractivity (Wildman–Crippen MR) is 93.7 cm³/mol. The molecule has 0 unspecified atom stereocenters. The van der Waals surface area contributed by atoms with E-state index in [-0.39, 0.29) is 30.4 Å². The number of benzene rings is 1. The summed E-state index contributed by atoms with van der Waals surface area (Å²) >= 11 is 0. The Kier molecular flexibility index (Phi) is 6.84. The zero-order valence-electron chi connectivity index (χ0n) is 14.8. The van der Waals surface area contributed by atoms with Gasteiger partial charge in [-0.15, -0.1) is 0 Å². The number of sulfone groups is 1. The third-order valence-electron chi connectivity index (χ3n) is 4.08. The summed E-state index contributed by atoms with van der Waals surface area (Å²) in [7, 11) is 0.0307. The smallest absolute Gasteiger partial charge is 0.306 e. The maximum absolute atomic E-state index is 11.8. The molecule has 1 N–H and O–H groups in total. The van der Waals surface area contributed by atoms with Crippen molar-refractivity contribution in [3.63, 3.8) is 0 Å². The van der Waals surface area contributed by atoms with Crippen molar-refractivity contribution in [2.75, 3.05) is 32.3 Å². The molecule has 1 atom stereocenters. The van der Waals surface area contributed by atoms with E-state index in [2.05, 4.69) is 5.32 Å². The van der Waals surface area contributed by atoms with Crippen LogP contribution in [0.4, 0.5) is 0 Å². The molecule has 144 valence electrons. The van der Waals surface area contributed by atoms with Crippen molar-refractivity contribution >= 4 is 21.7 Å². The number of rotatable bonds is 8. The number of amides is 1. The van der Waals surface area contributed by atoms with Gasteiger partial charge in [0.15, 0.2) is 27.9 Å². The number of methoxy groups -OCH3 is 2. The van der Waals surface area contributed by atoms with Gasteiger partial charge in [-0.1, -0.05) is 6.07 Å². The fourth-order valence-electron chi connectivity index (χ4n) is 2.72. The van der Waals surface area contributed by atoms with Crippen molar-refractivity contribution in [2.45, 2.75) is 19.4 Å². The van der Waals surface area contributed by atoms with E-state index in [4.69, 9.17) is 14.2 Å². The van der Waals surface area contributed by atoms with E-state index >= 15 is 0 Å². The highest BCUT2D eigenvalue weighted by atomic mass is 32.2. The highest BCUT2D eigenvalue weighted by molar-refractivity contribution is 7.91. The minimum atomic E-state index is -3.03.